The summed E-state index contributed by atoms with van der Waals surface area (Å²) in [6.07, 6.45) is 13.1. The van der Waals surface area contributed by atoms with E-state index in [1.807, 2.05) is 13.0 Å². The van der Waals surface area contributed by atoms with Crippen molar-refractivity contribution < 1.29 is 9.53 Å². The maximum Gasteiger partial charge on any atom is 0.302 e. The van der Waals surface area contributed by atoms with Crippen LogP contribution in [0.3, 0.4) is 0 Å². The van der Waals surface area contributed by atoms with Gasteiger partial charge in [-0.05, 0) is 19.8 Å². The third-order valence-electron chi connectivity index (χ3n) is 2.58. The van der Waals surface area contributed by atoms with Crippen LogP contribution in [0.2, 0.25) is 0 Å². The zero-order chi connectivity index (χ0) is 13.5. The van der Waals surface area contributed by atoms with Crippen molar-refractivity contribution in [3.05, 3.63) is 12.2 Å². The van der Waals surface area contributed by atoms with Crippen LogP contribution >= 0.6 is 0 Å². The predicted molar refractivity (Wildman–Crippen MR) is 76.2 cm³/mol. The van der Waals surface area contributed by atoms with Crippen LogP contribution in [-0.4, -0.2) is 12.6 Å². The predicted octanol–water partition coefficient (Wildman–Crippen LogP) is 4.25. The first kappa shape index (κ1) is 16.8. The second-order valence-corrected chi connectivity index (χ2v) is 4.34. The number of hydrogen-bond donors (Lipinski definition) is 0. The monoisotopic (exact) mass is 250 g/mol. The van der Waals surface area contributed by atoms with Crippen molar-refractivity contribution in [2.75, 3.05) is 6.61 Å². The first-order valence-corrected chi connectivity index (χ1v) is 6.97. The number of carbonyl (C=O) groups is 1. The molecule has 2 heteroatoms. The second-order valence-electron chi connectivity index (χ2n) is 4.34. The van der Waals surface area contributed by atoms with Gasteiger partial charge in [0.25, 0.3) is 0 Å². The largest absolute Gasteiger partial charge is 0.466 e. The Morgan fingerprint density at radius 1 is 1.06 bits per heavy atom. The fourth-order valence-electron chi connectivity index (χ4n) is 1.58. The fourth-order valence-corrected chi connectivity index (χ4v) is 1.58. The van der Waals surface area contributed by atoms with Crippen LogP contribution in [-0.2, 0) is 9.53 Å². The van der Waals surface area contributed by atoms with Gasteiger partial charge in [0.2, 0.25) is 0 Å². The van der Waals surface area contributed by atoms with Gasteiger partial charge in [0.1, 0.15) is 0 Å². The van der Waals surface area contributed by atoms with Crippen molar-refractivity contribution in [1.29, 1.82) is 0 Å². The van der Waals surface area contributed by atoms with Gasteiger partial charge in [-0.15, -0.1) is 5.92 Å². The van der Waals surface area contributed by atoms with Gasteiger partial charge in [0.15, 0.2) is 0 Å². The molecule has 0 saturated heterocycles. The Bertz CT molecular complexity index is 281. The van der Waals surface area contributed by atoms with Crippen molar-refractivity contribution in [2.45, 2.75) is 65.2 Å². The molecule has 0 aliphatic rings. The minimum Gasteiger partial charge on any atom is -0.466 e. The van der Waals surface area contributed by atoms with E-state index in [0.29, 0.717) is 6.61 Å². The third-order valence-corrected chi connectivity index (χ3v) is 2.58. The summed E-state index contributed by atoms with van der Waals surface area (Å²) in [5, 5.41) is 0. The van der Waals surface area contributed by atoms with Crippen LogP contribution in [0.15, 0.2) is 12.2 Å². The fraction of sp³-hybridized carbons (Fsp3) is 0.688. The van der Waals surface area contributed by atoms with Gasteiger partial charge in [-0.1, -0.05) is 43.8 Å². The Hall–Kier alpha value is -1.23. The van der Waals surface area contributed by atoms with E-state index in [0.717, 1.165) is 25.7 Å². The maximum absolute atomic E-state index is 10.5. The van der Waals surface area contributed by atoms with E-state index in [-0.39, 0.29) is 5.97 Å². The van der Waals surface area contributed by atoms with E-state index in [4.69, 9.17) is 4.74 Å². The Morgan fingerprint density at radius 3 is 2.39 bits per heavy atom. The summed E-state index contributed by atoms with van der Waals surface area (Å²) in [5.41, 5.74) is 0. The number of unbranched alkanes of at least 4 members (excludes halogenated alkanes) is 6. The van der Waals surface area contributed by atoms with Gasteiger partial charge in [0.05, 0.1) is 6.61 Å². The third kappa shape index (κ3) is 14.8. The molecule has 0 amide bonds. The van der Waals surface area contributed by atoms with Gasteiger partial charge < -0.3 is 4.74 Å². The zero-order valence-corrected chi connectivity index (χ0v) is 11.8. The number of carbonyl (C=O) groups excluding carboxylic acids is 1. The van der Waals surface area contributed by atoms with Crippen molar-refractivity contribution in [2.24, 2.45) is 0 Å². The second kappa shape index (κ2) is 13.8. The molecule has 0 spiro atoms. The lowest BCUT2D eigenvalue weighted by Crippen LogP contribution is -1.99. The topological polar surface area (TPSA) is 26.3 Å². The molecule has 0 unspecified atom stereocenters. The van der Waals surface area contributed by atoms with Crippen LogP contribution in [0.4, 0.5) is 0 Å². The highest BCUT2D eigenvalue weighted by molar-refractivity contribution is 5.65. The molecule has 0 rings (SSSR count). The van der Waals surface area contributed by atoms with Gasteiger partial charge >= 0.3 is 5.97 Å². The minimum absolute atomic E-state index is 0.175. The number of hydrogen-bond acceptors (Lipinski definition) is 2. The highest BCUT2D eigenvalue weighted by Crippen LogP contribution is 2.06. The summed E-state index contributed by atoms with van der Waals surface area (Å²) >= 11 is 0. The summed E-state index contributed by atoms with van der Waals surface area (Å²) < 4.78 is 4.87. The first-order chi connectivity index (χ1) is 8.77. The lowest BCUT2D eigenvalue weighted by atomic mass is 10.1. The highest BCUT2D eigenvalue weighted by Gasteiger charge is 1.93. The quantitative estimate of drug-likeness (QED) is 0.265. The standard InChI is InChI=1S/C16H26O2/c1-3-4-5-6-7-8-9-10-11-12-13-14-15-18-16(2)17/h3-4H,5,8-15H2,1-2H3. The van der Waals surface area contributed by atoms with Crippen molar-refractivity contribution >= 4 is 5.97 Å². The molecule has 0 radical (unpaired) electrons. The smallest absolute Gasteiger partial charge is 0.302 e. The number of esters is 1. The van der Waals surface area contributed by atoms with E-state index >= 15 is 0 Å². The highest BCUT2D eigenvalue weighted by atomic mass is 16.5. The molecular formula is C16H26O2. The summed E-state index contributed by atoms with van der Waals surface area (Å²) in [4.78, 5) is 10.5. The Labute approximate surface area is 112 Å². The Kier molecular flexibility index (Phi) is 12.9. The number of rotatable bonds is 9. The number of allylic oxidation sites excluding steroid dienone is 2. The normalized spacial score (nSPS) is 10.1. The SMILES string of the molecule is CC=CCC#CCCCCCCCCOC(C)=O. The van der Waals surface area contributed by atoms with Crippen LogP contribution in [0.25, 0.3) is 0 Å². The van der Waals surface area contributed by atoms with Gasteiger partial charge in [0, 0.05) is 19.8 Å². The summed E-state index contributed by atoms with van der Waals surface area (Å²) in [5.74, 6) is 6.14. The molecule has 0 aromatic rings. The molecule has 18 heavy (non-hydrogen) atoms. The molecule has 0 aromatic carbocycles. The molecule has 0 heterocycles. The van der Waals surface area contributed by atoms with E-state index in [1.165, 1.54) is 32.6 Å². The molecule has 0 fully saturated rings. The molecule has 0 atom stereocenters. The van der Waals surface area contributed by atoms with Crippen LogP contribution in [0.5, 0.6) is 0 Å². The zero-order valence-electron chi connectivity index (χ0n) is 11.8. The average molecular weight is 250 g/mol. The van der Waals surface area contributed by atoms with Crippen molar-refractivity contribution in [3.63, 3.8) is 0 Å². The van der Waals surface area contributed by atoms with Crippen LogP contribution < -0.4 is 0 Å². The lowest BCUT2D eigenvalue weighted by molar-refractivity contribution is -0.141. The van der Waals surface area contributed by atoms with Gasteiger partial charge in [-0.25, -0.2) is 0 Å². The minimum atomic E-state index is -0.175. The van der Waals surface area contributed by atoms with Crippen LogP contribution in [0, 0.1) is 11.8 Å². The Morgan fingerprint density at radius 2 is 1.72 bits per heavy atom. The summed E-state index contributed by atoms with van der Waals surface area (Å²) in [7, 11) is 0. The van der Waals surface area contributed by atoms with E-state index in [1.54, 1.807) is 0 Å². The first-order valence-electron chi connectivity index (χ1n) is 6.97. The molecule has 0 bridgehead atoms. The van der Waals surface area contributed by atoms with Crippen molar-refractivity contribution in [3.8, 4) is 11.8 Å². The molecule has 0 aromatic heterocycles. The summed E-state index contributed by atoms with van der Waals surface area (Å²) in [6, 6.07) is 0. The average Bonchev–Trinajstić information content (AvgIpc) is 2.34. The number of ether oxygens (including phenoxy) is 1. The molecule has 0 aliphatic carbocycles. The van der Waals surface area contributed by atoms with Gasteiger partial charge in [-0.2, -0.15) is 0 Å². The molecule has 0 N–H and O–H groups in total. The Balaban J connectivity index is 3.11. The molecular weight excluding hydrogens is 224 g/mol. The van der Waals surface area contributed by atoms with Crippen LogP contribution in [0.1, 0.15) is 65.2 Å². The van der Waals surface area contributed by atoms with E-state index < -0.39 is 0 Å². The van der Waals surface area contributed by atoms with Crippen molar-refractivity contribution in [1.82, 2.24) is 0 Å². The van der Waals surface area contributed by atoms with Gasteiger partial charge in [-0.3, -0.25) is 4.79 Å². The molecule has 0 aliphatic heterocycles. The molecule has 102 valence electrons. The lowest BCUT2D eigenvalue weighted by Gasteiger charge is -2.01. The van der Waals surface area contributed by atoms with E-state index in [2.05, 4.69) is 17.9 Å². The maximum atomic E-state index is 10.5. The van der Waals surface area contributed by atoms with E-state index in [9.17, 15) is 4.79 Å². The molecule has 2 nitrogen and oxygen atoms in total. The molecule has 0 saturated carbocycles. The summed E-state index contributed by atoms with van der Waals surface area (Å²) in [6.45, 7) is 4.05.